The van der Waals surface area contributed by atoms with Crippen LogP contribution in [0, 0.1) is 0 Å². The Bertz CT molecular complexity index is 2670. The molecule has 9 aromatic rings. The summed E-state index contributed by atoms with van der Waals surface area (Å²) < 4.78 is 4.15. The van der Waals surface area contributed by atoms with Gasteiger partial charge >= 0.3 is 0 Å². The van der Waals surface area contributed by atoms with E-state index < -0.39 is 0 Å². The van der Waals surface area contributed by atoms with Crippen LogP contribution in [0.25, 0.3) is 76.5 Å². The van der Waals surface area contributed by atoms with Gasteiger partial charge in [-0.2, -0.15) is 0 Å². The Hall–Kier alpha value is -5.56. The predicted molar refractivity (Wildman–Crippen MR) is 166 cm³/mol. The summed E-state index contributed by atoms with van der Waals surface area (Å²) in [5, 5.41) is 28.6. The second kappa shape index (κ2) is 6.77. The second-order valence-corrected chi connectivity index (χ2v) is 11.2. The van der Waals surface area contributed by atoms with E-state index in [1.54, 1.807) is 0 Å². The zero-order valence-corrected chi connectivity index (χ0v) is 21.6. The largest absolute Gasteiger partial charge is 0.252 e. The van der Waals surface area contributed by atoms with Gasteiger partial charge in [-0.3, -0.25) is 0 Å². The first-order valence-electron chi connectivity index (χ1n) is 13.9. The molecule has 0 fully saturated rings. The van der Waals surface area contributed by atoms with Crippen LogP contribution in [-0.2, 0) is 0 Å². The molecular weight excluding hydrogens is 503 g/mol. The SMILES string of the molecule is c1ccc2c(c1)ccc1c3c4c(cc12)-n1nnc2c5ccccc5cc(c21)B4c1cc2ccccc2c2nnn-3c12. The minimum atomic E-state index is -0.00733. The Labute approximate surface area is 232 Å². The number of benzene rings is 7. The van der Waals surface area contributed by atoms with Crippen molar-refractivity contribution < 1.29 is 0 Å². The smallest absolute Gasteiger partial charge is 0.214 e. The van der Waals surface area contributed by atoms with Crippen molar-refractivity contribution in [2.45, 2.75) is 0 Å². The third kappa shape index (κ3) is 2.27. The van der Waals surface area contributed by atoms with E-state index in [2.05, 4.69) is 112 Å². The average Bonchev–Trinajstić information content (AvgIpc) is 3.67. The van der Waals surface area contributed by atoms with Crippen molar-refractivity contribution in [3.63, 3.8) is 0 Å². The van der Waals surface area contributed by atoms with Crippen molar-refractivity contribution in [3.8, 4) is 11.4 Å². The quantitative estimate of drug-likeness (QED) is 0.211. The average molecular weight is 520 g/mol. The van der Waals surface area contributed by atoms with Crippen molar-refractivity contribution in [1.82, 2.24) is 30.0 Å². The van der Waals surface area contributed by atoms with E-state index in [-0.39, 0.29) is 6.71 Å². The van der Waals surface area contributed by atoms with E-state index in [1.165, 1.54) is 48.7 Å². The lowest BCUT2D eigenvalue weighted by Gasteiger charge is -2.32. The third-order valence-corrected chi connectivity index (χ3v) is 9.33. The summed E-state index contributed by atoms with van der Waals surface area (Å²) in [6, 6.07) is 37.1. The predicted octanol–water partition coefficient (Wildman–Crippen LogP) is 4.91. The highest BCUT2D eigenvalue weighted by atomic mass is 15.4. The molecule has 0 aliphatic carbocycles. The van der Waals surface area contributed by atoms with E-state index in [9.17, 15) is 0 Å². The number of rotatable bonds is 0. The van der Waals surface area contributed by atoms with Crippen LogP contribution in [0.4, 0.5) is 0 Å². The maximum absolute atomic E-state index is 4.85. The monoisotopic (exact) mass is 520 g/mol. The number of hydrogen-bond acceptors (Lipinski definition) is 4. The molecule has 0 radical (unpaired) electrons. The number of fused-ring (bicyclic) bond motifs is 12. The summed E-state index contributed by atoms with van der Waals surface area (Å²) in [5.74, 6) is 0. The summed E-state index contributed by atoms with van der Waals surface area (Å²) in [7, 11) is 0. The standard InChI is InChI=1S/C34H17BN6/c1-4-10-21-18(7-1)13-14-24-25(21)17-28-29-32(24)41-34-27(16-20-9-3-6-12-23(20)31(34)37-39-41)35(29)26-15-19-8-2-5-11-22(19)30-33(26)40(28)38-36-30/h1-17H. The van der Waals surface area contributed by atoms with Gasteiger partial charge in [0.2, 0.25) is 0 Å². The molecule has 7 heteroatoms. The highest BCUT2D eigenvalue weighted by molar-refractivity contribution is 7.00. The summed E-state index contributed by atoms with van der Waals surface area (Å²) in [5.41, 5.74) is 9.83. The van der Waals surface area contributed by atoms with Gasteiger partial charge in [-0.05, 0) is 49.4 Å². The van der Waals surface area contributed by atoms with E-state index in [4.69, 9.17) is 20.6 Å². The molecule has 2 aliphatic rings. The van der Waals surface area contributed by atoms with Crippen LogP contribution < -0.4 is 16.4 Å². The Balaban J connectivity index is 1.44. The zero-order chi connectivity index (χ0) is 26.4. The molecule has 186 valence electrons. The van der Waals surface area contributed by atoms with Crippen molar-refractivity contribution >= 4 is 88.3 Å². The molecule has 2 aromatic heterocycles. The lowest BCUT2D eigenvalue weighted by Crippen LogP contribution is -2.59. The van der Waals surface area contributed by atoms with Gasteiger partial charge in [-0.1, -0.05) is 107 Å². The normalized spacial score (nSPS) is 13.3. The molecule has 0 spiro atoms. The molecule has 6 nitrogen and oxygen atoms in total. The van der Waals surface area contributed by atoms with Crippen molar-refractivity contribution in [3.05, 3.63) is 103 Å². The third-order valence-electron chi connectivity index (χ3n) is 9.33. The minimum absolute atomic E-state index is 0.00733. The molecule has 0 saturated heterocycles. The Kier molecular flexibility index (Phi) is 3.36. The van der Waals surface area contributed by atoms with Gasteiger partial charge < -0.3 is 0 Å². The molecule has 0 bridgehead atoms. The number of hydrogen-bond donors (Lipinski definition) is 0. The summed E-state index contributed by atoms with van der Waals surface area (Å²) in [6.45, 7) is -0.00733. The fourth-order valence-electron chi connectivity index (χ4n) is 7.66. The van der Waals surface area contributed by atoms with Crippen molar-refractivity contribution in [1.29, 1.82) is 0 Å². The molecule has 0 atom stereocenters. The molecule has 0 unspecified atom stereocenters. The topological polar surface area (TPSA) is 61.4 Å². The van der Waals surface area contributed by atoms with Crippen LogP contribution in [0.15, 0.2) is 103 Å². The first-order chi connectivity index (χ1) is 20.3. The van der Waals surface area contributed by atoms with Crippen LogP contribution in [-0.4, -0.2) is 36.7 Å². The fraction of sp³-hybridized carbons (Fsp3) is 0. The Morgan fingerprint density at radius 2 is 1.07 bits per heavy atom. The molecule has 41 heavy (non-hydrogen) atoms. The van der Waals surface area contributed by atoms with Gasteiger partial charge in [-0.25, -0.2) is 9.36 Å². The second-order valence-electron chi connectivity index (χ2n) is 11.2. The summed E-state index contributed by atoms with van der Waals surface area (Å²) in [4.78, 5) is 0. The Morgan fingerprint density at radius 1 is 0.488 bits per heavy atom. The summed E-state index contributed by atoms with van der Waals surface area (Å²) in [6.07, 6.45) is 0. The fourth-order valence-corrected chi connectivity index (χ4v) is 7.66. The van der Waals surface area contributed by atoms with E-state index in [1.807, 2.05) is 0 Å². The van der Waals surface area contributed by atoms with Crippen LogP contribution in [0.2, 0.25) is 0 Å². The maximum Gasteiger partial charge on any atom is 0.252 e. The van der Waals surface area contributed by atoms with Crippen LogP contribution in [0.3, 0.4) is 0 Å². The van der Waals surface area contributed by atoms with Gasteiger partial charge in [0.05, 0.1) is 22.4 Å². The molecule has 7 aromatic carbocycles. The van der Waals surface area contributed by atoms with Crippen molar-refractivity contribution in [2.75, 3.05) is 0 Å². The highest BCUT2D eigenvalue weighted by Crippen LogP contribution is 2.38. The highest BCUT2D eigenvalue weighted by Gasteiger charge is 2.42. The molecule has 0 saturated carbocycles. The van der Waals surface area contributed by atoms with Gasteiger partial charge in [0.1, 0.15) is 11.0 Å². The lowest BCUT2D eigenvalue weighted by molar-refractivity contribution is 0.814. The van der Waals surface area contributed by atoms with Gasteiger partial charge in [0.15, 0.2) is 0 Å². The van der Waals surface area contributed by atoms with Crippen LogP contribution >= 0.6 is 0 Å². The molecule has 4 heterocycles. The van der Waals surface area contributed by atoms with Gasteiger partial charge in [0.25, 0.3) is 6.71 Å². The van der Waals surface area contributed by atoms with Crippen molar-refractivity contribution in [2.24, 2.45) is 0 Å². The first kappa shape index (κ1) is 20.4. The number of aromatic nitrogens is 6. The number of nitrogens with zero attached hydrogens (tertiary/aromatic N) is 6. The molecule has 0 amide bonds. The molecular formula is C34H17BN6. The lowest BCUT2D eigenvalue weighted by atomic mass is 9.34. The van der Waals surface area contributed by atoms with E-state index in [0.29, 0.717) is 0 Å². The van der Waals surface area contributed by atoms with Crippen LogP contribution in [0.1, 0.15) is 0 Å². The van der Waals surface area contributed by atoms with Gasteiger partial charge in [0, 0.05) is 16.2 Å². The van der Waals surface area contributed by atoms with E-state index in [0.717, 1.165) is 44.2 Å². The Morgan fingerprint density at radius 3 is 1.78 bits per heavy atom. The molecule has 11 rings (SSSR count). The van der Waals surface area contributed by atoms with Crippen LogP contribution in [0.5, 0.6) is 0 Å². The molecule has 2 aliphatic heterocycles. The summed E-state index contributed by atoms with van der Waals surface area (Å²) >= 11 is 0. The first-order valence-corrected chi connectivity index (χ1v) is 13.9. The maximum atomic E-state index is 4.85. The molecule has 0 N–H and O–H groups in total. The van der Waals surface area contributed by atoms with E-state index >= 15 is 0 Å². The van der Waals surface area contributed by atoms with Gasteiger partial charge in [-0.15, -0.1) is 10.2 Å². The minimum Gasteiger partial charge on any atom is -0.214 e. The zero-order valence-electron chi connectivity index (χ0n) is 21.6.